The molecule has 5 rings (SSSR count). The molecule has 1 aromatic heterocycles. The number of rotatable bonds is 4. The maximum atomic E-state index is 12.1. The molecule has 2 unspecified atom stereocenters. The molecule has 4 heterocycles. The lowest BCUT2D eigenvalue weighted by atomic mass is 9.92. The Kier molecular flexibility index (Phi) is 4.11. The maximum Gasteiger partial charge on any atom is 0.407 e. The third-order valence-corrected chi connectivity index (χ3v) is 6.02. The van der Waals surface area contributed by atoms with E-state index < -0.39 is 0 Å². The first-order valence-electron chi connectivity index (χ1n) is 9.68. The van der Waals surface area contributed by atoms with Gasteiger partial charge in [0.15, 0.2) is 5.82 Å². The zero-order valence-corrected chi connectivity index (χ0v) is 15.2. The highest BCUT2D eigenvalue weighted by Crippen LogP contribution is 2.43. The zero-order valence-electron chi connectivity index (χ0n) is 15.2. The van der Waals surface area contributed by atoms with Crippen LogP contribution in [0.2, 0.25) is 0 Å². The van der Waals surface area contributed by atoms with Gasteiger partial charge in [-0.15, -0.1) is 10.2 Å². The number of carbonyl (C=O) groups is 1. The summed E-state index contributed by atoms with van der Waals surface area (Å²) in [4.78, 5) is 16.6. The normalized spacial score (nSPS) is 33.9. The summed E-state index contributed by atoms with van der Waals surface area (Å²) in [7, 11) is 0. The lowest BCUT2D eigenvalue weighted by Gasteiger charge is -2.27. The number of aliphatic imine (C=N–C) groups is 1. The molecule has 1 aliphatic carbocycles. The van der Waals surface area contributed by atoms with E-state index in [4.69, 9.17) is 9.47 Å². The summed E-state index contributed by atoms with van der Waals surface area (Å²) >= 11 is 0. The van der Waals surface area contributed by atoms with Crippen molar-refractivity contribution in [1.82, 2.24) is 25.4 Å². The number of hydrogen-bond donors (Lipinski definition) is 2. The monoisotopic (exact) mass is 372 g/mol. The molecule has 0 spiro atoms. The Morgan fingerprint density at radius 1 is 1.41 bits per heavy atom. The number of alkyl carbamates (subject to hydrolysis) is 1. The van der Waals surface area contributed by atoms with E-state index in [0.29, 0.717) is 19.1 Å². The summed E-state index contributed by atoms with van der Waals surface area (Å²) in [6.07, 6.45) is 8.05. The lowest BCUT2D eigenvalue weighted by molar-refractivity contribution is -0.00845. The number of fused-ring (bicyclic) bond motifs is 3. The Morgan fingerprint density at radius 2 is 2.30 bits per heavy atom. The average Bonchev–Trinajstić information content (AvgIpc) is 3.34. The van der Waals surface area contributed by atoms with E-state index in [1.807, 2.05) is 6.20 Å². The Labute approximate surface area is 157 Å². The molecule has 2 N–H and O–H groups in total. The first-order chi connectivity index (χ1) is 13.2. The van der Waals surface area contributed by atoms with Gasteiger partial charge in [-0.1, -0.05) is 13.3 Å². The van der Waals surface area contributed by atoms with Gasteiger partial charge in [0.25, 0.3) is 0 Å². The minimum absolute atomic E-state index is 0.0104. The van der Waals surface area contributed by atoms with E-state index in [1.165, 1.54) is 0 Å². The summed E-state index contributed by atoms with van der Waals surface area (Å²) in [5, 5.41) is 15.0. The van der Waals surface area contributed by atoms with Crippen LogP contribution in [0.4, 0.5) is 4.79 Å². The second-order valence-corrected chi connectivity index (χ2v) is 7.68. The average molecular weight is 372 g/mol. The van der Waals surface area contributed by atoms with E-state index in [0.717, 1.165) is 30.9 Å². The van der Waals surface area contributed by atoms with Crippen LogP contribution in [0.15, 0.2) is 17.3 Å². The van der Waals surface area contributed by atoms with Crippen molar-refractivity contribution in [3.05, 3.63) is 23.9 Å². The van der Waals surface area contributed by atoms with Gasteiger partial charge in [0, 0.05) is 5.92 Å². The molecule has 5 atom stereocenters. The molecule has 0 bridgehead atoms. The predicted molar refractivity (Wildman–Crippen MR) is 96.5 cm³/mol. The SMILES string of the molecule is CC[C@@H]1C[C@H](OC(=O)NC2COC2)C[C@@H]1c1nnc2n1C1C=CNC1N=C2. The highest BCUT2D eigenvalue weighted by molar-refractivity contribution is 5.76. The van der Waals surface area contributed by atoms with E-state index in [-0.39, 0.29) is 36.4 Å². The molecule has 0 radical (unpaired) electrons. The van der Waals surface area contributed by atoms with Crippen LogP contribution >= 0.6 is 0 Å². The smallest absolute Gasteiger partial charge is 0.407 e. The van der Waals surface area contributed by atoms with Gasteiger partial charge in [0.2, 0.25) is 0 Å². The number of nitrogens with one attached hydrogen (secondary N) is 2. The van der Waals surface area contributed by atoms with Crippen molar-refractivity contribution in [2.75, 3.05) is 13.2 Å². The molecule has 9 heteroatoms. The van der Waals surface area contributed by atoms with E-state index >= 15 is 0 Å². The van der Waals surface area contributed by atoms with Gasteiger partial charge in [-0.25, -0.2) is 4.79 Å². The van der Waals surface area contributed by atoms with E-state index in [9.17, 15) is 4.79 Å². The van der Waals surface area contributed by atoms with Gasteiger partial charge in [-0.2, -0.15) is 0 Å². The Balaban J connectivity index is 1.33. The lowest BCUT2D eigenvalue weighted by Crippen LogP contribution is -2.49. The van der Waals surface area contributed by atoms with E-state index in [2.05, 4.69) is 43.4 Å². The second kappa shape index (κ2) is 6.63. The van der Waals surface area contributed by atoms with Crippen LogP contribution in [0.5, 0.6) is 0 Å². The van der Waals surface area contributed by atoms with Gasteiger partial charge in [0.05, 0.1) is 31.5 Å². The molecule has 1 amide bonds. The topological polar surface area (TPSA) is 103 Å². The Hall–Kier alpha value is -2.42. The van der Waals surface area contributed by atoms with Gasteiger partial charge in [-0.3, -0.25) is 9.56 Å². The van der Waals surface area contributed by atoms with Gasteiger partial charge < -0.3 is 20.1 Å². The van der Waals surface area contributed by atoms with Crippen molar-refractivity contribution < 1.29 is 14.3 Å². The number of nitrogens with zero attached hydrogens (tertiary/aromatic N) is 4. The highest BCUT2D eigenvalue weighted by Gasteiger charge is 2.42. The molecule has 144 valence electrons. The molecule has 1 aromatic rings. The van der Waals surface area contributed by atoms with Crippen molar-refractivity contribution in [1.29, 1.82) is 0 Å². The van der Waals surface area contributed by atoms with Crippen LogP contribution in [0.25, 0.3) is 0 Å². The van der Waals surface area contributed by atoms with Crippen LogP contribution in [-0.4, -0.2) is 58.6 Å². The third kappa shape index (κ3) is 2.90. The minimum atomic E-state index is -0.345. The number of amides is 1. The molecule has 9 nitrogen and oxygen atoms in total. The number of ether oxygens (including phenoxy) is 2. The Morgan fingerprint density at radius 3 is 3.07 bits per heavy atom. The fourth-order valence-corrected chi connectivity index (χ4v) is 4.53. The van der Waals surface area contributed by atoms with Crippen LogP contribution in [0, 0.1) is 5.92 Å². The van der Waals surface area contributed by atoms with Crippen molar-refractivity contribution in [2.24, 2.45) is 10.9 Å². The van der Waals surface area contributed by atoms with Crippen LogP contribution in [0.3, 0.4) is 0 Å². The molecule has 3 aliphatic heterocycles. The van der Waals surface area contributed by atoms with Gasteiger partial charge in [-0.05, 0) is 31.0 Å². The van der Waals surface area contributed by atoms with E-state index in [1.54, 1.807) is 6.21 Å². The standard InChI is InChI=1S/C18H24N6O3/c1-2-10-5-12(27-18(25)21-11-8-26-9-11)6-13(10)17-23-22-15-7-20-16-14(24(15)17)3-4-19-16/h3-4,7,10-14,16,19H,2,5-6,8-9H2,1H3,(H,21,25)/t10-,12+,13+,14?,16?/m1/s1. The molecule has 1 saturated heterocycles. The number of aromatic nitrogens is 3. The minimum Gasteiger partial charge on any atom is -0.446 e. The number of carbonyl (C=O) groups excluding carboxylic acids is 1. The summed E-state index contributed by atoms with van der Waals surface area (Å²) in [5.41, 5.74) is 0. The Bertz CT molecular complexity index is 786. The van der Waals surface area contributed by atoms with Crippen molar-refractivity contribution in [2.45, 2.75) is 56.5 Å². The van der Waals surface area contributed by atoms with Crippen molar-refractivity contribution in [3.63, 3.8) is 0 Å². The number of hydrogen-bond acceptors (Lipinski definition) is 7. The van der Waals surface area contributed by atoms with Gasteiger partial charge >= 0.3 is 6.09 Å². The fourth-order valence-electron chi connectivity index (χ4n) is 4.53. The van der Waals surface area contributed by atoms with Crippen LogP contribution < -0.4 is 10.6 Å². The maximum absolute atomic E-state index is 12.1. The predicted octanol–water partition coefficient (Wildman–Crippen LogP) is 1.09. The third-order valence-electron chi connectivity index (χ3n) is 6.02. The molecule has 0 aromatic carbocycles. The quantitative estimate of drug-likeness (QED) is 0.820. The van der Waals surface area contributed by atoms with Gasteiger partial charge in [0.1, 0.15) is 18.1 Å². The highest BCUT2D eigenvalue weighted by atomic mass is 16.6. The molecule has 1 saturated carbocycles. The van der Waals surface area contributed by atoms with Crippen LogP contribution in [-0.2, 0) is 9.47 Å². The molecule has 2 fully saturated rings. The molecule has 4 aliphatic rings. The molecular formula is C18H24N6O3. The summed E-state index contributed by atoms with van der Waals surface area (Å²) < 4.78 is 13.0. The largest absolute Gasteiger partial charge is 0.446 e. The van der Waals surface area contributed by atoms with Crippen molar-refractivity contribution >= 4 is 12.3 Å². The zero-order chi connectivity index (χ0) is 18.4. The first kappa shape index (κ1) is 16.7. The van der Waals surface area contributed by atoms with Crippen LogP contribution in [0.1, 0.15) is 49.8 Å². The molecule has 27 heavy (non-hydrogen) atoms. The summed E-state index contributed by atoms with van der Waals surface area (Å²) in [6, 6.07) is 0.187. The first-order valence-corrected chi connectivity index (χ1v) is 9.68. The summed E-state index contributed by atoms with van der Waals surface area (Å²) in [6.45, 7) is 3.32. The fraction of sp³-hybridized carbons (Fsp3) is 0.667. The van der Waals surface area contributed by atoms with Crippen molar-refractivity contribution in [3.8, 4) is 0 Å². The second-order valence-electron chi connectivity index (χ2n) is 7.68. The molecular weight excluding hydrogens is 348 g/mol. The summed E-state index contributed by atoms with van der Waals surface area (Å²) in [5.74, 6) is 2.41.